The van der Waals surface area contributed by atoms with E-state index in [-0.39, 0.29) is 11.9 Å². The Hall–Kier alpha value is -2.80. The van der Waals surface area contributed by atoms with Crippen LogP contribution in [0.15, 0.2) is 47.3 Å². The van der Waals surface area contributed by atoms with E-state index in [1.165, 1.54) is 12.5 Å². The lowest BCUT2D eigenvalue weighted by atomic mass is 10.1. The van der Waals surface area contributed by atoms with Crippen LogP contribution in [0.25, 0.3) is 0 Å². The van der Waals surface area contributed by atoms with Gasteiger partial charge in [-0.05, 0) is 37.1 Å². The Bertz CT molecular complexity index is 714. The summed E-state index contributed by atoms with van der Waals surface area (Å²) < 4.78 is 4.88. The quantitative estimate of drug-likeness (QED) is 0.806. The first kappa shape index (κ1) is 16.1. The van der Waals surface area contributed by atoms with Gasteiger partial charge in [0.25, 0.3) is 5.91 Å². The van der Waals surface area contributed by atoms with Gasteiger partial charge in [0, 0.05) is 24.5 Å². The zero-order chi connectivity index (χ0) is 16.9. The standard InChI is InChI=1S/C17H19N3O4/c21-15-5-2-7-20(10-15)17(23)19-14-4-1-3-13(9-14)18-16(22)12-6-8-24-11-12/h1,3-4,6,8-9,11,15,21H,2,5,7,10H2,(H,18,22)(H,19,23)/t15-/m1/s1. The summed E-state index contributed by atoms with van der Waals surface area (Å²) in [6.45, 7) is 0.961. The number of carbonyl (C=O) groups excluding carboxylic acids is 2. The van der Waals surface area contributed by atoms with Crippen molar-refractivity contribution in [2.45, 2.75) is 18.9 Å². The third-order valence-electron chi connectivity index (χ3n) is 3.84. The normalized spacial score (nSPS) is 17.4. The summed E-state index contributed by atoms with van der Waals surface area (Å²) in [5.74, 6) is -0.286. The lowest BCUT2D eigenvalue weighted by molar-refractivity contribution is 0.0883. The molecule has 3 N–H and O–H groups in total. The van der Waals surface area contributed by atoms with Crippen LogP contribution in [0, 0.1) is 0 Å². The first-order chi connectivity index (χ1) is 11.6. The summed E-state index contributed by atoms with van der Waals surface area (Å²) in [5.41, 5.74) is 1.56. The molecule has 3 rings (SSSR count). The maximum absolute atomic E-state index is 12.2. The minimum Gasteiger partial charge on any atom is -0.472 e. The molecule has 1 fully saturated rings. The number of urea groups is 1. The van der Waals surface area contributed by atoms with Crippen molar-refractivity contribution in [1.29, 1.82) is 0 Å². The molecule has 2 heterocycles. The molecule has 2 aromatic rings. The number of rotatable bonds is 3. The Labute approximate surface area is 139 Å². The van der Waals surface area contributed by atoms with E-state index >= 15 is 0 Å². The molecule has 126 valence electrons. The molecular formula is C17H19N3O4. The molecule has 0 radical (unpaired) electrons. The minimum atomic E-state index is -0.468. The minimum absolute atomic E-state index is 0.257. The number of piperidine rings is 1. The summed E-state index contributed by atoms with van der Waals surface area (Å²) in [5, 5.41) is 15.2. The van der Waals surface area contributed by atoms with E-state index in [1.807, 2.05) is 0 Å². The van der Waals surface area contributed by atoms with Crippen LogP contribution in [0.1, 0.15) is 23.2 Å². The molecule has 0 aliphatic carbocycles. The van der Waals surface area contributed by atoms with Crippen LogP contribution in [0.2, 0.25) is 0 Å². The number of likely N-dealkylation sites (tertiary alicyclic amines) is 1. The van der Waals surface area contributed by atoms with Crippen molar-refractivity contribution in [3.05, 3.63) is 48.4 Å². The molecule has 1 saturated heterocycles. The second-order valence-corrected chi connectivity index (χ2v) is 5.72. The van der Waals surface area contributed by atoms with Gasteiger partial charge in [-0.1, -0.05) is 6.07 Å². The predicted octanol–water partition coefficient (Wildman–Crippen LogP) is 2.52. The monoisotopic (exact) mass is 329 g/mol. The number of hydrogen-bond donors (Lipinski definition) is 3. The molecule has 7 heteroatoms. The van der Waals surface area contributed by atoms with Gasteiger partial charge in [-0.25, -0.2) is 4.79 Å². The first-order valence-electron chi connectivity index (χ1n) is 7.79. The van der Waals surface area contributed by atoms with Crippen molar-refractivity contribution in [3.63, 3.8) is 0 Å². The van der Waals surface area contributed by atoms with Crippen LogP contribution in [0.5, 0.6) is 0 Å². The van der Waals surface area contributed by atoms with Crippen molar-refractivity contribution in [2.24, 2.45) is 0 Å². The van der Waals surface area contributed by atoms with Gasteiger partial charge in [0.2, 0.25) is 0 Å². The molecule has 0 unspecified atom stereocenters. The maximum atomic E-state index is 12.2. The average molecular weight is 329 g/mol. The third kappa shape index (κ3) is 3.94. The number of hydrogen-bond acceptors (Lipinski definition) is 4. The topological polar surface area (TPSA) is 94.8 Å². The smallest absolute Gasteiger partial charge is 0.321 e. The number of β-amino-alcohol motifs (C(OH)–C–C–N with tert-alkyl or cyclic N) is 1. The van der Waals surface area contributed by atoms with Crippen LogP contribution < -0.4 is 10.6 Å². The average Bonchev–Trinajstić information content (AvgIpc) is 3.10. The lowest BCUT2D eigenvalue weighted by Crippen LogP contribution is -2.44. The lowest BCUT2D eigenvalue weighted by Gasteiger charge is -2.30. The second kappa shape index (κ2) is 7.18. The zero-order valence-corrected chi connectivity index (χ0v) is 13.1. The fourth-order valence-electron chi connectivity index (χ4n) is 2.61. The molecule has 1 atom stereocenters. The van der Waals surface area contributed by atoms with E-state index in [0.717, 1.165) is 12.8 Å². The molecule has 1 aromatic heterocycles. The molecular weight excluding hydrogens is 310 g/mol. The van der Waals surface area contributed by atoms with Gasteiger partial charge in [0.05, 0.1) is 17.9 Å². The molecule has 0 saturated carbocycles. The predicted molar refractivity (Wildman–Crippen MR) is 88.9 cm³/mol. The van der Waals surface area contributed by atoms with Gasteiger partial charge in [-0.2, -0.15) is 0 Å². The number of benzene rings is 1. The number of furan rings is 1. The molecule has 7 nitrogen and oxygen atoms in total. The van der Waals surface area contributed by atoms with Gasteiger partial charge in [0.15, 0.2) is 0 Å². The van der Waals surface area contributed by atoms with E-state index in [1.54, 1.807) is 35.2 Å². The van der Waals surface area contributed by atoms with Crippen molar-refractivity contribution in [1.82, 2.24) is 4.90 Å². The number of carbonyl (C=O) groups is 2. The Morgan fingerprint density at radius 3 is 2.71 bits per heavy atom. The number of aliphatic hydroxyl groups excluding tert-OH is 1. The number of nitrogens with one attached hydrogen (secondary N) is 2. The van der Waals surface area contributed by atoms with Gasteiger partial charge in [-0.15, -0.1) is 0 Å². The Balaban J connectivity index is 1.62. The van der Waals surface area contributed by atoms with Gasteiger partial charge in [0.1, 0.15) is 6.26 Å². The Morgan fingerprint density at radius 1 is 1.21 bits per heavy atom. The number of amides is 3. The molecule has 24 heavy (non-hydrogen) atoms. The second-order valence-electron chi connectivity index (χ2n) is 5.72. The van der Waals surface area contributed by atoms with Crippen LogP contribution in [0.4, 0.5) is 16.2 Å². The highest BCUT2D eigenvalue weighted by Crippen LogP contribution is 2.18. The zero-order valence-electron chi connectivity index (χ0n) is 13.1. The maximum Gasteiger partial charge on any atom is 0.321 e. The highest BCUT2D eigenvalue weighted by atomic mass is 16.3. The highest BCUT2D eigenvalue weighted by molar-refractivity contribution is 6.04. The molecule has 0 spiro atoms. The van der Waals surface area contributed by atoms with Crippen LogP contribution in [-0.4, -0.2) is 41.1 Å². The summed E-state index contributed by atoms with van der Waals surface area (Å²) in [4.78, 5) is 25.8. The number of nitrogens with zero attached hydrogens (tertiary/aromatic N) is 1. The number of aliphatic hydroxyl groups is 1. The van der Waals surface area contributed by atoms with Crippen LogP contribution >= 0.6 is 0 Å². The summed E-state index contributed by atoms with van der Waals surface area (Å²) >= 11 is 0. The van der Waals surface area contributed by atoms with Crippen LogP contribution in [-0.2, 0) is 0 Å². The third-order valence-corrected chi connectivity index (χ3v) is 3.84. The fourth-order valence-corrected chi connectivity index (χ4v) is 2.61. The van der Waals surface area contributed by atoms with Crippen LogP contribution in [0.3, 0.4) is 0 Å². The summed E-state index contributed by atoms with van der Waals surface area (Å²) in [7, 11) is 0. The number of anilines is 2. The highest BCUT2D eigenvalue weighted by Gasteiger charge is 2.22. The van der Waals surface area contributed by atoms with Crippen molar-refractivity contribution < 1.29 is 19.1 Å². The SMILES string of the molecule is O=C(Nc1cccc(NC(=O)N2CCC[C@@H](O)C2)c1)c1ccoc1. The first-order valence-corrected chi connectivity index (χ1v) is 7.79. The van der Waals surface area contributed by atoms with Crippen molar-refractivity contribution in [2.75, 3.05) is 23.7 Å². The molecule has 0 bridgehead atoms. The van der Waals surface area contributed by atoms with E-state index < -0.39 is 6.10 Å². The molecule has 1 aliphatic heterocycles. The van der Waals surface area contributed by atoms with E-state index in [0.29, 0.717) is 30.0 Å². The van der Waals surface area contributed by atoms with E-state index in [2.05, 4.69) is 10.6 Å². The largest absolute Gasteiger partial charge is 0.472 e. The van der Waals surface area contributed by atoms with Gasteiger partial charge >= 0.3 is 6.03 Å². The summed E-state index contributed by atoms with van der Waals surface area (Å²) in [6.07, 6.45) is 3.83. The Kier molecular flexibility index (Phi) is 4.81. The van der Waals surface area contributed by atoms with Crippen molar-refractivity contribution >= 4 is 23.3 Å². The molecule has 1 aromatic carbocycles. The summed E-state index contributed by atoms with van der Waals surface area (Å²) in [6, 6.07) is 8.21. The van der Waals surface area contributed by atoms with E-state index in [9.17, 15) is 14.7 Å². The Morgan fingerprint density at radius 2 is 2.00 bits per heavy atom. The molecule has 1 aliphatic rings. The van der Waals surface area contributed by atoms with E-state index in [4.69, 9.17) is 4.42 Å². The molecule has 3 amide bonds. The van der Waals surface area contributed by atoms with Crippen molar-refractivity contribution in [3.8, 4) is 0 Å². The van der Waals surface area contributed by atoms with Gasteiger partial charge in [-0.3, -0.25) is 4.79 Å². The van der Waals surface area contributed by atoms with Gasteiger partial charge < -0.3 is 25.1 Å². The fraction of sp³-hybridized carbons (Fsp3) is 0.294.